The van der Waals surface area contributed by atoms with Gasteiger partial charge in [-0.15, -0.1) is 0 Å². The number of rotatable bonds is 5. The third kappa shape index (κ3) is 4.95. The highest BCUT2D eigenvalue weighted by atomic mass is 15.1. The Morgan fingerprint density at radius 3 is 1.25 bits per heavy atom. The van der Waals surface area contributed by atoms with E-state index in [4.69, 9.17) is 9.97 Å². The molecule has 5 heteroatoms. The summed E-state index contributed by atoms with van der Waals surface area (Å²) in [5.41, 5.74) is 14.4. The highest BCUT2D eigenvalue weighted by Crippen LogP contribution is 2.46. The minimum absolute atomic E-state index is 0.402. The van der Waals surface area contributed by atoms with Crippen molar-refractivity contribution in [2.45, 2.75) is 0 Å². The monoisotopic (exact) mass is 779 g/mol. The Morgan fingerprint density at radius 1 is 0.328 bits per heavy atom. The molecule has 13 aromatic rings. The van der Waals surface area contributed by atoms with Gasteiger partial charge in [-0.25, -0.2) is 0 Å². The van der Waals surface area contributed by atoms with Crippen LogP contribution in [0.2, 0.25) is 0 Å². The second kappa shape index (κ2) is 13.1. The van der Waals surface area contributed by atoms with Crippen LogP contribution in [0.4, 0.5) is 0 Å². The average Bonchev–Trinajstić information content (AvgIpc) is 4.00. The van der Waals surface area contributed by atoms with E-state index in [0.717, 1.165) is 105 Å². The second-order valence-electron chi connectivity index (χ2n) is 15.6. The fourth-order valence-corrected chi connectivity index (χ4v) is 9.77. The number of fused-ring (bicyclic) bond motifs is 13. The average molecular weight is 780 g/mol. The van der Waals surface area contributed by atoms with Gasteiger partial charge in [0.1, 0.15) is 0 Å². The molecule has 0 spiro atoms. The predicted octanol–water partition coefficient (Wildman–Crippen LogP) is 14.3. The molecule has 0 amide bonds. The number of aromatic nitrogens is 5. The zero-order chi connectivity index (χ0) is 41.8. The van der Waals surface area contributed by atoms with E-state index in [1.807, 2.05) is 36.4 Å². The van der Waals surface area contributed by atoms with E-state index < -0.39 is 0 Å². The first kappa shape index (κ1) is 31.7. The summed E-state index contributed by atoms with van der Waals surface area (Å²) >= 11 is 0. The molecule has 13 rings (SSSR count). The Bertz CT molecular complexity index is 3870. The maximum atomic E-state index is 9.61. The van der Waals surface area contributed by atoms with Crippen LogP contribution in [0, 0.1) is 0 Å². The van der Waals surface area contributed by atoms with E-state index in [-0.39, 0.29) is 0 Å². The summed E-state index contributed by atoms with van der Waals surface area (Å²) in [6, 6.07) is 66.2. The Hall–Kier alpha value is -8.28. The molecule has 4 aromatic heterocycles. The van der Waals surface area contributed by atoms with Crippen LogP contribution in [0.1, 0.15) is 2.74 Å². The second-order valence-corrected chi connectivity index (χ2v) is 15.6. The van der Waals surface area contributed by atoms with Crippen molar-refractivity contribution in [1.82, 2.24) is 23.7 Å². The van der Waals surface area contributed by atoms with E-state index >= 15 is 0 Å². The van der Waals surface area contributed by atoms with Crippen molar-refractivity contribution >= 4 is 76.5 Å². The van der Waals surface area contributed by atoms with Crippen LogP contribution >= 0.6 is 0 Å². The molecule has 0 aliphatic carbocycles. The van der Waals surface area contributed by atoms with Gasteiger partial charge in [0.15, 0.2) is 0 Å². The molecule has 0 aliphatic rings. The lowest BCUT2D eigenvalue weighted by Gasteiger charge is -2.16. The fourth-order valence-electron chi connectivity index (χ4n) is 9.77. The topological polar surface area (TPSA) is 40.6 Å². The smallest absolute Gasteiger partial charge is 0.0994 e. The van der Waals surface area contributed by atoms with Gasteiger partial charge in [-0.2, -0.15) is 0 Å². The fraction of sp³-hybridized carbons (Fsp3) is 0. The van der Waals surface area contributed by atoms with Crippen molar-refractivity contribution in [1.29, 1.82) is 0 Å². The van der Waals surface area contributed by atoms with E-state index in [2.05, 4.69) is 165 Å². The van der Waals surface area contributed by atoms with Crippen molar-refractivity contribution in [3.8, 4) is 39.3 Å². The molecule has 0 unspecified atom stereocenters. The Kier molecular flexibility index (Phi) is 6.81. The lowest BCUT2D eigenvalue weighted by Crippen LogP contribution is -2.01. The molecule has 0 N–H and O–H groups in total. The normalized spacial score (nSPS) is 12.4. The molecule has 0 aliphatic heterocycles. The predicted molar refractivity (Wildman–Crippen MR) is 253 cm³/mol. The van der Waals surface area contributed by atoms with Crippen LogP contribution in [-0.2, 0) is 0 Å². The number of hydrogen-bond donors (Lipinski definition) is 0. The van der Waals surface area contributed by atoms with E-state index in [9.17, 15) is 2.74 Å². The third-order valence-electron chi connectivity index (χ3n) is 12.3. The van der Waals surface area contributed by atoms with Crippen molar-refractivity contribution in [3.05, 3.63) is 213 Å². The third-order valence-corrected chi connectivity index (χ3v) is 12.3. The van der Waals surface area contributed by atoms with Gasteiger partial charge in [-0.05, 0) is 88.9 Å². The SMILES string of the molecule is [2H]c1cccc2c3c4nccnc4c4c5cccc([2H])c5n(-c5cc(-c6ccccc6)cc(-c6ccccc6)c5)c4c3n(-c3ccc(-n4c5ccccc5c5ccccc54)cc3)c12. The van der Waals surface area contributed by atoms with Gasteiger partial charge in [0, 0.05) is 61.8 Å². The molecule has 9 aromatic carbocycles. The molecule has 0 fully saturated rings. The van der Waals surface area contributed by atoms with Crippen LogP contribution in [-0.4, -0.2) is 23.7 Å². The maximum Gasteiger partial charge on any atom is 0.0994 e. The van der Waals surface area contributed by atoms with Crippen LogP contribution < -0.4 is 0 Å². The molecule has 0 bridgehead atoms. The molecule has 0 saturated heterocycles. The largest absolute Gasteiger partial charge is 0.309 e. The highest BCUT2D eigenvalue weighted by Gasteiger charge is 2.26. The van der Waals surface area contributed by atoms with E-state index in [1.165, 1.54) is 10.8 Å². The molecule has 0 radical (unpaired) electrons. The minimum atomic E-state index is 0.402. The van der Waals surface area contributed by atoms with Gasteiger partial charge < -0.3 is 13.7 Å². The van der Waals surface area contributed by atoms with Crippen molar-refractivity contribution in [2.75, 3.05) is 0 Å². The summed E-state index contributed by atoms with van der Waals surface area (Å²) in [4.78, 5) is 10.2. The summed E-state index contributed by atoms with van der Waals surface area (Å²) in [6.07, 6.45) is 3.51. The van der Waals surface area contributed by atoms with E-state index in [0.29, 0.717) is 12.1 Å². The van der Waals surface area contributed by atoms with Crippen molar-refractivity contribution in [3.63, 3.8) is 0 Å². The lowest BCUT2D eigenvalue weighted by molar-refractivity contribution is 1.13. The van der Waals surface area contributed by atoms with Gasteiger partial charge in [0.05, 0.1) is 46.9 Å². The molecule has 4 heterocycles. The lowest BCUT2D eigenvalue weighted by atomic mass is 9.98. The summed E-state index contributed by atoms with van der Waals surface area (Å²) in [7, 11) is 0. The molecule has 5 nitrogen and oxygen atoms in total. The van der Waals surface area contributed by atoms with Gasteiger partial charge in [0.2, 0.25) is 0 Å². The molecule has 61 heavy (non-hydrogen) atoms. The first-order valence-electron chi connectivity index (χ1n) is 21.6. The number of para-hydroxylation sites is 4. The van der Waals surface area contributed by atoms with Crippen molar-refractivity contribution < 1.29 is 2.74 Å². The summed E-state index contributed by atoms with van der Waals surface area (Å²) < 4.78 is 26.0. The van der Waals surface area contributed by atoms with Crippen molar-refractivity contribution in [2.24, 2.45) is 0 Å². The number of benzene rings is 9. The quantitative estimate of drug-likeness (QED) is 0.175. The molecular formula is C56H35N5. The summed E-state index contributed by atoms with van der Waals surface area (Å²) in [5, 5.41) is 6.09. The molecular weight excluding hydrogens is 743 g/mol. The Balaban J connectivity index is 1.19. The van der Waals surface area contributed by atoms with Crippen LogP contribution in [0.3, 0.4) is 0 Å². The first-order valence-corrected chi connectivity index (χ1v) is 20.6. The molecule has 0 saturated carbocycles. The van der Waals surface area contributed by atoms with Gasteiger partial charge in [-0.1, -0.05) is 133 Å². The summed E-state index contributed by atoms with van der Waals surface area (Å²) in [5.74, 6) is 0. The maximum absolute atomic E-state index is 9.61. The van der Waals surface area contributed by atoms with Crippen LogP contribution in [0.5, 0.6) is 0 Å². The molecule has 284 valence electrons. The minimum Gasteiger partial charge on any atom is -0.309 e. The number of hydrogen-bond acceptors (Lipinski definition) is 2. The van der Waals surface area contributed by atoms with Crippen LogP contribution in [0.15, 0.2) is 213 Å². The highest BCUT2D eigenvalue weighted by molar-refractivity contribution is 6.35. The first-order chi connectivity index (χ1) is 31.1. The Morgan fingerprint density at radius 2 is 0.738 bits per heavy atom. The zero-order valence-electron chi connectivity index (χ0n) is 34.8. The van der Waals surface area contributed by atoms with E-state index in [1.54, 1.807) is 12.4 Å². The van der Waals surface area contributed by atoms with Gasteiger partial charge >= 0.3 is 0 Å². The standard InChI is InChI=1S/C56H35N5/c1-3-15-36(16-4-1)38-33-39(37-17-5-2-6-18-37)35-42(34-38)61-50-26-14-10-22-46(50)52-54-53(57-31-32-58-54)51-45-21-9-13-25-49(45)60(55(51)56(52)61)41-29-27-40(28-30-41)59-47-23-11-7-19-43(47)44-20-8-12-24-48(44)59/h1-35H/i25D,26D. The van der Waals surface area contributed by atoms with Crippen LogP contribution in [0.25, 0.3) is 116 Å². The Labute approximate surface area is 353 Å². The summed E-state index contributed by atoms with van der Waals surface area (Å²) in [6.45, 7) is 0. The number of nitrogens with zero attached hydrogens (tertiary/aromatic N) is 5. The van der Waals surface area contributed by atoms with Gasteiger partial charge in [-0.3, -0.25) is 9.97 Å². The molecule has 0 atom stereocenters. The van der Waals surface area contributed by atoms with Gasteiger partial charge in [0.25, 0.3) is 0 Å². The zero-order valence-corrected chi connectivity index (χ0v) is 32.8.